The summed E-state index contributed by atoms with van der Waals surface area (Å²) in [4.78, 5) is 9.09. The Morgan fingerprint density at radius 1 is 0.951 bits per heavy atom. The standard InChI is InChI=1S/C32H32N4O4S/c1-21-11-13-28(14-12-21)41(37,38)40-19-24-15-26(16-24)36-22(2)29(30-31(33)34-20-35-32(30)36)25-9-6-10-27(17-25)39-18-23-7-4-3-5-8-23/h3-14,17,20,24,26H,15-16,18-19H2,1-2H3,(H2,33,34,35)/t24-,26-. The quantitative estimate of drug-likeness (QED) is 0.210. The monoisotopic (exact) mass is 568 g/mol. The van der Waals surface area contributed by atoms with Crippen molar-refractivity contribution in [3.63, 3.8) is 0 Å². The van der Waals surface area contributed by atoms with E-state index < -0.39 is 10.1 Å². The number of nitrogens with zero attached hydrogens (tertiary/aromatic N) is 3. The molecule has 41 heavy (non-hydrogen) atoms. The lowest BCUT2D eigenvalue weighted by molar-refractivity contribution is 0.129. The van der Waals surface area contributed by atoms with Crippen LogP contribution in [-0.4, -0.2) is 29.6 Å². The molecule has 3 aromatic carbocycles. The van der Waals surface area contributed by atoms with E-state index in [9.17, 15) is 8.42 Å². The molecule has 6 rings (SSSR count). The van der Waals surface area contributed by atoms with Crippen molar-refractivity contribution in [2.75, 3.05) is 12.3 Å². The fraction of sp³-hybridized carbons (Fsp3) is 0.250. The van der Waals surface area contributed by atoms with Crippen LogP contribution in [0, 0.1) is 19.8 Å². The van der Waals surface area contributed by atoms with E-state index in [1.54, 1.807) is 24.3 Å². The lowest BCUT2D eigenvalue weighted by Gasteiger charge is -2.37. The number of anilines is 1. The van der Waals surface area contributed by atoms with E-state index in [4.69, 9.17) is 14.7 Å². The third-order valence-electron chi connectivity index (χ3n) is 7.77. The van der Waals surface area contributed by atoms with Gasteiger partial charge in [-0.25, -0.2) is 9.97 Å². The number of aryl methyl sites for hydroxylation is 1. The van der Waals surface area contributed by atoms with Crippen LogP contribution in [0.2, 0.25) is 0 Å². The first kappa shape index (κ1) is 27.0. The van der Waals surface area contributed by atoms with Crippen molar-refractivity contribution < 1.29 is 17.3 Å². The minimum absolute atomic E-state index is 0.120. The maximum absolute atomic E-state index is 12.7. The summed E-state index contributed by atoms with van der Waals surface area (Å²) in [5, 5.41) is 0.812. The van der Waals surface area contributed by atoms with Crippen molar-refractivity contribution in [3.05, 3.63) is 102 Å². The summed E-state index contributed by atoms with van der Waals surface area (Å²) in [6, 6.07) is 24.9. The van der Waals surface area contributed by atoms with E-state index >= 15 is 0 Å². The summed E-state index contributed by atoms with van der Waals surface area (Å²) in [5.41, 5.74) is 12.3. The molecule has 2 heterocycles. The van der Waals surface area contributed by atoms with Crippen molar-refractivity contribution in [1.29, 1.82) is 0 Å². The van der Waals surface area contributed by atoms with Gasteiger partial charge in [-0.3, -0.25) is 4.18 Å². The number of nitrogens with two attached hydrogens (primary N) is 1. The molecule has 0 unspecified atom stereocenters. The molecule has 8 nitrogen and oxygen atoms in total. The third-order valence-corrected chi connectivity index (χ3v) is 9.07. The van der Waals surface area contributed by atoms with Crippen LogP contribution in [0.1, 0.15) is 35.7 Å². The smallest absolute Gasteiger partial charge is 0.296 e. The Bertz CT molecular complexity index is 1800. The SMILES string of the molecule is Cc1ccc(S(=O)(=O)OC[C@H]2C[C@H](n3c(C)c(-c4cccc(OCc5ccccc5)c4)c4c(N)ncnc43)C2)cc1. The highest BCUT2D eigenvalue weighted by Gasteiger charge is 2.35. The molecule has 9 heteroatoms. The molecule has 1 fully saturated rings. The highest BCUT2D eigenvalue weighted by Crippen LogP contribution is 2.45. The minimum atomic E-state index is -3.79. The molecule has 5 aromatic rings. The fourth-order valence-electron chi connectivity index (χ4n) is 5.56. The largest absolute Gasteiger partial charge is 0.489 e. The van der Waals surface area contributed by atoms with Crippen molar-refractivity contribution in [1.82, 2.24) is 14.5 Å². The highest BCUT2D eigenvalue weighted by molar-refractivity contribution is 7.86. The van der Waals surface area contributed by atoms with E-state index in [0.29, 0.717) is 12.4 Å². The number of nitrogen functional groups attached to an aromatic ring is 1. The molecule has 2 N–H and O–H groups in total. The normalized spacial score (nSPS) is 16.9. The van der Waals surface area contributed by atoms with Crippen LogP contribution in [-0.2, 0) is 20.9 Å². The topological polar surface area (TPSA) is 109 Å². The molecule has 1 saturated carbocycles. The zero-order valence-corrected chi connectivity index (χ0v) is 23.8. The van der Waals surface area contributed by atoms with Gasteiger partial charge in [0.2, 0.25) is 0 Å². The second-order valence-corrected chi connectivity index (χ2v) is 12.2. The summed E-state index contributed by atoms with van der Waals surface area (Å²) in [7, 11) is -3.79. The molecule has 0 aliphatic heterocycles. The van der Waals surface area contributed by atoms with E-state index in [2.05, 4.69) is 21.5 Å². The van der Waals surface area contributed by atoms with Crippen LogP contribution in [0.15, 0.2) is 90.1 Å². The second-order valence-electron chi connectivity index (χ2n) is 10.6. The molecule has 210 valence electrons. The summed E-state index contributed by atoms with van der Waals surface area (Å²) in [5.74, 6) is 1.30. The van der Waals surface area contributed by atoms with Crippen LogP contribution < -0.4 is 10.5 Å². The Hall–Kier alpha value is -4.21. The lowest BCUT2D eigenvalue weighted by atomic mass is 9.80. The Balaban J connectivity index is 1.22. The number of hydrogen-bond acceptors (Lipinski definition) is 7. The van der Waals surface area contributed by atoms with Gasteiger partial charge >= 0.3 is 0 Å². The first-order valence-corrected chi connectivity index (χ1v) is 15.0. The number of fused-ring (bicyclic) bond motifs is 1. The maximum Gasteiger partial charge on any atom is 0.296 e. The zero-order chi connectivity index (χ0) is 28.6. The van der Waals surface area contributed by atoms with Gasteiger partial charge in [-0.1, -0.05) is 60.2 Å². The van der Waals surface area contributed by atoms with Gasteiger partial charge in [0.1, 0.15) is 30.1 Å². The second kappa shape index (κ2) is 11.0. The lowest BCUT2D eigenvalue weighted by Crippen LogP contribution is -2.31. The van der Waals surface area contributed by atoms with Crippen molar-refractivity contribution >= 4 is 27.0 Å². The van der Waals surface area contributed by atoms with Crippen molar-refractivity contribution in [2.45, 2.75) is 44.2 Å². The van der Waals surface area contributed by atoms with E-state index in [1.165, 1.54) is 6.33 Å². The maximum atomic E-state index is 12.7. The van der Waals surface area contributed by atoms with Gasteiger partial charge in [-0.2, -0.15) is 8.42 Å². The molecule has 0 saturated heterocycles. The van der Waals surface area contributed by atoms with Crippen molar-refractivity contribution in [3.8, 4) is 16.9 Å². The first-order chi connectivity index (χ1) is 19.8. The minimum Gasteiger partial charge on any atom is -0.489 e. The number of rotatable bonds is 9. The summed E-state index contributed by atoms with van der Waals surface area (Å²) < 4.78 is 39.0. The average Bonchev–Trinajstić information content (AvgIpc) is 3.25. The summed E-state index contributed by atoms with van der Waals surface area (Å²) in [6.07, 6.45) is 3.04. The van der Waals surface area contributed by atoms with Gasteiger partial charge in [0.25, 0.3) is 10.1 Å². The van der Waals surface area contributed by atoms with Crippen molar-refractivity contribution in [2.24, 2.45) is 5.92 Å². The molecular formula is C32H32N4O4S. The number of hydrogen-bond donors (Lipinski definition) is 1. The van der Waals surface area contributed by atoms with Crippen LogP contribution in [0.25, 0.3) is 22.2 Å². The molecule has 2 aromatic heterocycles. The summed E-state index contributed by atoms with van der Waals surface area (Å²) in [6.45, 7) is 4.61. The van der Waals surface area contributed by atoms with E-state index in [-0.39, 0.29) is 23.5 Å². The first-order valence-electron chi connectivity index (χ1n) is 13.6. The molecule has 1 aliphatic carbocycles. The van der Waals surface area contributed by atoms with Crippen LogP contribution in [0.5, 0.6) is 5.75 Å². The van der Waals surface area contributed by atoms with Crippen LogP contribution >= 0.6 is 0 Å². The average molecular weight is 569 g/mol. The van der Waals surface area contributed by atoms with Gasteiger partial charge < -0.3 is 15.0 Å². The number of ether oxygens (including phenoxy) is 1. The molecule has 0 bridgehead atoms. The van der Waals surface area contributed by atoms with Gasteiger partial charge in [0.15, 0.2) is 0 Å². The predicted molar refractivity (Wildman–Crippen MR) is 159 cm³/mol. The molecule has 0 atom stereocenters. The Morgan fingerprint density at radius 2 is 1.71 bits per heavy atom. The molecule has 0 radical (unpaired) electrons. The molecule has 1 aliphatic rings. The van der Waals surface area contributed by atoms with Crippen LogP contribution in [0.4, 0.5) is 5.82 Å². The highest BCUT2D eigenvalue weighted by atomic mass is 32.2. The molecule has 0 amide bonds. The van der Waals surface area contributed by atoms with Gasteiger partial charge in [0, 0.05) is 17.3 Å². The summed E-state index contributed by atoms with van der Waals surface area (Å²) >= 11 is 0. The van der Waals surface area contributed by atoms with Crippen LogP contribution in [0.3, 0.4) is 0 Å². The zero-order valence-electron chi connectivity index (χ0n) is 23.0. The van der Waals surface area contributed by atoms with E-state index in [0.717, 1.165) is 57.6 Å². The number of aromatic nitrogens is 3. The molecular weight excluding hydrogens is 536 g/mol. The fourth-order valence-corrected chi connectivity index (χ4v) is 6.54. The number of benzene rings is 3. The Kier molecular flexibility index (Phi) is 7.23. The van der Waals surface area contributed by atoms with Gasteiger partial charge in [-0.05, 0) is 68.0 Å². The predicted octanol–water partition coefficient (Wildman–Crippen LogP) is 6.23. The van der Waals surface area contributed by atoms with E-state index in [1.807, 2.05) is 61.5 Å². The Labute approximate surface area is 239 Å². The molecule has 0 spiro atoms. The Morgan fingerprint density at radius 3 is 2.46 bits per heavy atom. The van der Waals surface area contributed by atoms with Gasteiger partial charge in [-0.15, -0.1) is 0 Å². The van der Waals surface area contributed by atoms with Gasteiger partial charge in [0.05, 0.1) is 16.9 Å². The third kappa shape index (κ3) is 5.42.